The molecule has 0 spiro atoms. The number of nitrogens with one attached hydrogen (secondary N) is 1. The van der Waals surface area contributed by atoms with Crippen molar-refractivity contribution in [2.24, 2.45) is 5.92 Å². The van der Waals surface area contributed by atoms with Crippen LogP contribution in [0.25, 0.3) is 11.1 Å². The molecule has 1 unspecified atom stereocenters. The summed E-state index contributed by atoms with van der Waals surface area (Å²) in [6.07, 6.45) is 3.16. The minimum Gasteiger partial charge on any atom is -0.480 e. The lowest BCUT2D eigenvalue weighted by Crippen LogP contribution is -2.56. The van der Waals surface area contributed by atoms with Gasteiger partial charge in [-0.15, -0.1) is 0 Å². The van der Waals surface area contributed by atoms with Crippen molar-refractivity contribution in [2.45, 2.75) is 50.1 Å². The lowest BCUT2D eigenvalue weighted by molar-refractivity contribution is -0.149. The van der Waals surface area contributed by atoms with Crippen LogP contribution in [-0.4, -0.2) is 53.2 Å². The third-order valence-corrected chi connectivity index (χ3v) is 7.33. The highest BCUT2D eigenvalue weighted by Crippen LogP contribution is 2.44. The van der Waals surface area contributed by atoms with Gasteiger partial charge in [0.05, 0.1) is 0 Å². The Kier molecular flexibility index (Phi) is 5.79. The Morgan fingerprint density at radius 2 is 1.61 bits per heavy atom. The van der Waals surface area contributed by atoms with Gasteiger partial charge in [0.2, 0.25) is 5.91 Å². The summed E-state index contributed by atoms with van der Waals surface area (Å²) >= 11 is 0. The van der Waals surface area contributed by atoms with E-state index >= 15 is 0 Å². The summed E-state index contributed by atoms with van der Waals surface area (Å²) in [5, 5.41) is 12.2. The summed E-state index contributed by atoms with van der Waals surface area (Å²) in [6.45, 7) is 0.582. The third-order valence-electron chi connectivity index (χ3n) is 7.33. The largest absolute Gasteiger partial charge is 0.480 e. The normalized spacial score (nSPS) is 20.5. The number of ether oxygens (including phenoxy) is 1. The molecule has 7 heteroatoms. The van der Waals surface area contributed by atoms with Gasteiger partial charge in [0.15, 0.2) is 0 Å². The van der Waals surface area contributed by atoms with E-state index in [0.29, 0.717) is 19.4 Å². The number of aliphatic carboxylic acids is 1. The SMILES string of the molecule is O=C(NC(C(=O)N1CCC[C@H]1C(=O)O)C1CCC1)OCC1c2ccccc2-c2ccccc21. The Morgan fingerprint density at radius 1 is 0.970 bits per heavy atom. The first-order valence-electron chi connectivity index (χ1n) is 11.7. The second kappa shape index (κ2) is 8.89. The Balaban J connectivity index is 1.28. The molecule has 2 N–H and O–H groups in total. The van der Waals surface area contributed by atoms with Crippen LogP contribution in [0.15, 0.2) is 48.5 Å². The van der Waals surface area contributed by atoms with E-state index in [1.54, 1.807) is 0 Å². The first-order valence-corrected chi connectivity index (χ1v) is 11.7. The second-order valence-corrected chi connectivity index (χ2v) is 9.17. The maximum atomic E-state index is 13.2. The Bertz CT molecular complexity index is 1030. The van der Waals surface area contributed by atoms with Crippen LogP contribution >= 0.6 is 0 Å². The molecule has 33 heavy (non-hydrogen) atoms. The van der Waals surface area contributed by atoms with Gasteiger partial charge in [0, 0.05) is 12.5 Å². The molecule has 0 bridgehead atoms. The number of nitrogens with zero attached hydrogens (tertiary/aromatic N) is 1. The molecule has 1 aliphatic heterocycles. The third kappa shape index (κ3) is 3.96. The fraction of sp³-hybridized carbons (Fsp3) is 0.423. The number of hydrogen-bond acceptors (Lipinski definition) is 4. The van der Waals surface area contributed by atoms with Crippen LogP contribution in [0.5, 0.6) is 0 Å². The molecule has 1 saturated heterocycles. The minimum atomic E-state index is -0.991. The lowest BCUT2D eigenvalue weighted by atomic mass is 9.79. The van der Waals surface area contributed by atoms with Gasteiger partial charge in [-0.2, -0.15) is 0 Å². The van der Waals surface area contributed by atoms with Crippen LogP contribution in [0.1, 0.15) is 49.1 Å². The fourth-order valence-electron chi connectivity index (χ4n) is 5.39. The Hall–Kier alpha value is -3.35. The molecule has 2 fully saturated rings. The highest BCUT2D eigenvalue weighted by molar-refractivity contribution is 5.90. The summed E-state index contributed by atoms with van der Waals surface area (Å²) in [5.74, 6) is -1.34. The van der Waals surface area contributed by atoms with E-state index in [9.17, 15) is 19.5 Å². The minimum absolute atomic E-state index is 0.0213. The van der Waals surface area contributed by atoms with Gasteiger partial charge in [-0.3, -0.25) is 4.79 Å². The molecule has 2 aliphatic carbocycles. The Labute approximate surface area is 192 Å². The number of amides is 2. The standard InChI is InChI=1S/C26H28N2O5/c29-24(28-14-6-13-22(28)25(30)31)23(16-7-5-8-16)27-26(32)33-15-21-19-11-3-1-9-17(19)18-10-2-4-12-20(18)21/h1-4,9-12,16,21-23H,5-8,13-15H2,(H,27,32)(H,30,31)/t22-,23?/m0/s1. The number of carboxylic acids is 1. The van der Waals surface area contributed by atoms with Crippen LogP contribution in [0.4, 0.5) is 4.79 Å². The number of hydrogen-bond donors (Lipinski definition) is 2. The number of carbonyl (C=O) groups excluding carboxylic acids is 2. The first-order chi connectivity index (χ1) is 16.0. The van der Waals surface area contributed by atoms with E-state index in [0.717, 1.165) is 41.5 Å². The number of likely N-dealkylation sites (tertiary alicyclic amines) is 1. The van der Waals surface area contributed by atoms with Gasteiger partial charge in [-0.1, -0.05) is 55.0 Å². The van der Waals surface area contributed by atoms with Gasteiger partial charge in [0.1, 0.15) is 18.7 Å². The summed E-state index contributed by atoms with van der Waals surface area (Å²) in [5.41, 5.74) is 4.55. The topological polar surface area (TPSA) is 95.9 Å². The van der Waals surface area contributed by atoms with Crippen molar-refractivity contribution < 1.29 is 24.2 Å². The van der Waals surface area contributed by atoms with Crippen LogP contribution in [-0.2, 0) is 14.3 Å². The van der Waals surface area contributed by atoms with E-state index in [-0.39, 0.29) is 24.3 Å². The summed E-state index contributed by atoms with van der Waals surface area (Å²) in [6, 6.07) is 14.7. The molecule has 5 rings (SSSR count). The van der Waals surface area contributed by atoms with Gasteiger partial charge >= 0.3 is 12.1 Å². The molecule has 1 heterocycles. The van der Waals surface area contributed by atoms with Crippen molar-refractivity contribution in [3.8, 4) is 11.1 Å². The predicted molar refractivity (Wildman–Crippen MR) is 122 cm³/mol. The molecule has 2 aromatic rings. The maximum Gasteiger partial charge on any atom is 0.407 e. The van der Waals surface area contributed by atoms with Crippen LogP contribution < -0.4 is 5.32 Å². The molecule has 0 aromatic heterocycles. The summed E-state index contributed by atoms with van der Waals surface area (Å²) in [4.78, 5) is 39.0. The molecule has 3 aliphatic rings. The van der Waals surface area contributed by atoms with E-state index in [4.69, 9.17) is 4.74 Å². The number of benzene rings is 2. The average Bonchev–Trinajstić information content (AvgIpc) is 3.39. The molecular formula is C26H28N2O5. The summed E-state index contributed by atoms with van der Waals surface area (Å²) in [7, 11) is 0. The Morgan fingerprint density at radius 3 is 2.18 bits per heavy atom. The number of carbonyl (C=O) groups is 3. The van der Waals surface area contributed by atoms with Crippen molar-refractivity contribution in [1.29, 1.82) is 0 Å². The number of carboxylic acid groups (broad SMARTS) is 1. The maximum absolute atomic E-state index is 13.2. The molecule has 1 saturated carbocycles. The van der Waals surface area contributed by atoms with Crippen LogP contribution in [0.3, 0.4) is 0 Å². The quantitative estimate of drug-likeness (QED) is 0.701. The van der Waals surface area contributed by atoms with E-state index in [1.165, 1.54) is 4.90 Å². The van der Waals surface area contributed by atoms with Gasteiger partial charge in [0.25, 0.3) is 0 Å². The molecule has 0 radical (unpaired) electrons. The van der Waals surface area contributed by atoms with Gasteiger partial charge < -0.3 is 20.1 Å². The molecule has 2 atom stereocenters. The second-order valence-electron chi connectivity index (χ2n) is 9.17. The van der Waals surface area contributed by atoms with Gasteiger partial charge in [-0.05, 0) is 53.9 Å². The van der Waals surface area contributed by atoms with Crippen molar-refractivity contribution in [2.75, 3.05) is 13.2 Å². The van der Waals surface area contributed by atoms with Crippen molar-refractivity contribution in [3.63, 3.8) is 0 Å². The smallest absolute Gasteiger partial charge is 0.407 e. The molecule has 7 nitrogen and oxygen atoms in total. The lowest BCUT2D eigenvalue weighted by Gasteiger charge is -2.36. The average molecular weight is 449 g/mol. The number of rotatable bonds is 6. The zero-order valence-corrected chi connectivity index (χ0v) is 18.4. The zero-order chi connectivity index (χ0) is 22.9. The monoisotopic (exact) mass is 448 g/mol. The highest BCUT2D eigenvalue weighted by atomic mass is 16.5. The van der Waals surface area contributed by atoms with E-state index in [2.05, 4.69) is 29.6 Å². The van der Waals surface area contributed by atoms with E-state index in [1.807, 2.05) is 24.3 Å². The fourth-order valence-corrected chi connectivity index (χ4v) is 5.39. The van der Waals surface area contributed by atoms with Crippen LogP contribution in [0.2, 0.25) is 0 Å². The predicted octanol–water partition coefficient (Wildman–Crippen LogP) is 3.77. The van der Waals surface area contributed by atoms with Crippen molar-refractivity contribution in [3.05, 3.63) is 59.7 Å². The van der Waals surface area contributed by atoms with Crippen LogP contribution in [0, 0.1) is 5.92 Å². The zero-order valence-electron chi connectivity index (χ0n) is 18.4. The molecule has 2 amide bonds. The van der Waals surface area contributed by atoms with E-state index < -0.39 is 24.1 Å². The molecule has 2 aromatic carbocycles. The highest BCUT2D eigenvalue weighted by Gasteiger charge is 2.42. The summed E-state index contributed by atoms with van der Waals surface area (Å²) < 4.78 is 5.64. The van der Waals surface area contributed by atoms with Gasteiger partial charge in [-0.25, -0.2) is 9.59 Å². The van der Waals surface area contributed by atoms with Crippen molar-refractivity contribution >= 4 is 18.0 Å². The molecular weight excluding hydrogens is 420 g/mol. The van der Waals surface area contributed by atoms with Crippen molar-refractivity contribution in [1.82, 2.24) is 10.2 Å². The number of fused-ring (bicyclic) bond motifs is 3. The number of alkyl carbamates (subject to hydrolysis) is 1. The molecule has 172 valence electrons. The first kappa shape index (κ1) is 21.5.